The molecule has 2 amide bonds. The summed E-state index contributed by atoms with van der Waals surface area (Å²) in [6, 6.07) is 7.05. The minimum atomic E-state index is -0.594. The van der Waals surface area contributed by atoms with Gasteiger partial charge in [-0.1, -0.05) is 291 Å². The molecule has 1 aliphatic rings. The van der Waals surface area contributed by atoms with Crippen molar-refractivity contribution >= 4 is 11.8 Å². The van der Waals surface area contributed by atoms with E-state index in [1.807, 2.05) is 0 Å². The number of nitrogens with zero attached hydrogens (tertiary/aromatic N) is 1. The highest BCUT2D eigenvalue weighted by atomic mass is 16.7. The zero-order valence-corrected chi connectivity index (χ0v) is 60.4. The third-order valence-corrected chi connectivity index (χ3v) is 17.0. The number of amides is 2. The van der Waals surface area contributed by atoms with Gasteiger partial charge in [-0.05, 0) is 166 Å². The first kappa shape index (κ1) is 86.1. The van der Waals surface area contributed by atoms with Gasteiger partial charge in [-0.15, -0.1) is 0 Å². The van der Waals surface area contributed by atoms with E-state index in [2.05, 4.69) is 125 Å². The van der Waals surface area contributed by atoms with Crippen LogP contribution in [0, 0.1) is 0 Å². The van der Waals surface area contributed by atoms with Gasteiger partial charge in [0.15, 0.2) is 12.6 Å². The molecule has 1 aromatic carbocycles. The second-order valence-corrected chi connectivity index (χ2v) is 25.7. The van der Waals surface area contributed by atoms with Crippen LogP contribution in [0.4, 0.5) is 0 Å². The van der Waals surface area contributed by atoms with Gasteiger partial charge in [0.2, 0.25) is 0 Å². The van der Waals surface area contributed by atoms with E-state index in [1.54, 1.807) is 24.3 Å². The fourth-order valence-corrected chi connectivity index (χ4v) is 11.1. The first-order chi connectivity index (χ1) is 45.5. The van der Waals surface area contributed by atoms with Crippen LogP contribution in [0.5, 0.6) is 0 Å². The van der Waals surface area contributed by atoms with Gasteiger partial charge in [0, 0.05) is 33.0 Å². The number of hydrogen-bond donors (Lipinski definition) is 1. The van der Waals surface area contributed by atoms with Crippen molar-refractivity contribution in [1.82, 2.24) is 4.90 Å². The van der Waals surface area contributed by atoms with Crippen molar-refractivity contribution in [2.75, 3.05) is 39.5 Å². The number of benzene rings is 1. The number of hydrogen-bond acceptors (Lipinski definition) is 7. The van der Waals surface area contributed by atoms with Crippen molar-refractivity contribution in [3.63, 3.8) is 0 Å². The Morgan fingerprint density at radius 3 is 0.761 bits per heavy atom. The molecule has 526 valence electrons. The van der Waals surface area contributed by atoms with E-state index >= 15 is 0 Å². The maximum atomic E-state index is 13.0. The molecule has 0 saturated heterocycles. The smallest absolute Gasteiger partial charge is 0.261 e. The molecule has 1 heterocycles. The highest BCUT2D eigenvalue weighted by Gasteiger charge is 2.37. The first-order valence-electron chi connectivity index (χ1n) is 38.8. The van der Waals surface area contributed by atoms with E-state index in [-0.39, 0.29) is 24.6 Å². The lowest BCUT2D eigenvalue weighted by Gasteiger charge is -2.23. The molecule has 8 heteroatoms. The van der Waals surface area contributed by atoms with Crippen LogP contribution in [-0.2, 0) is 18.9 Å². The van der Waals surface area contributed by atoms with Gasteiger partial charge >= 0.3 is 0 Å². The van der Waals surface area contributed by atoms with E-state index in [9.17, 15) is 9.59 Å². The van der Waals surface area contributed by atoms with Crippen molar-refractivity contribution in [2.24, 2.45) is 5.73 Å². The molecule has 2 rings (SSSR count). The Bertz CT molecular complexity index is 1860. The number of carbonyl (C=O) groups excluding carboxylic acids is 2. The maximum absolute atomic E-state index is 13.0. The van der Waals surface area contributed by atoms with Crippen LogP contribution in [0.25, 0.3) is 0 Å². The number of carbonyl (C=O) groups is 2. The number of nitrogens with two attached hydrogens (primary N) is 1. The Labute approximate surface area is 568 Å². The number of allylic oxidation sites excluding steroid dienone is 16. The molecule has 2 N–H and O–H groups in total. The summed E-state index contributed by atoms with van der Waals surface area (Å²) in [7, 11) is 0. The lowest BCUT2D eigenvalue weighted by molar-refractivity contribution is -0.148. The standard InChI is InChI=1S/C46H73NO4.C38H71NO2/c1-3-5-7-9-11-13-15-17-19-21-23-25-27-29-31-35-39-50-44(41-47-45(48)42-37-33-34-38-43(42)46(47)49)51-40-36-32-30-28-26-24-22-20-18-16-14-12-10-8-6-4-2;1-3-5-7-9-11-13-15-17-19-21-23-25-27-29-31-33-35-40-38(37-39)41-36-34-32-30-28-26-24-22-20-18-16-14-12-10-8-6-4-2/h11-14,17-20,33-34,37-38,44H,3-10,15-16,21-32,35-36,39-41H2,1-2H3;11-14,17-20,38H,3-10,15-16,21-37,39H2,1-2H3/b2*13-11-,14-12-,19-17-,20-18-. The minimum absolute atomic E-state index is 0.136. The highest BCUT2D eigenvalue weighted by molar-refractivity contribution is 6.21. The van der Waals surface area contributed by atoms with Gasteiger partial charge in [0.1, 0.15) is 0 Å². The Morgan fingerprint density at radius 1 is 0.304 bits per heavy atom. The topological polar surface area (TPSA) is 100 Å². The molecular formula is C84H144N2O6. The second-order valence-electron chi connectivity index (χ2n) is 25.7. The number of fused-ring (bicyclic) bond motifs is 1. The van der Waals surface area contributed by atoms with Crippen molar-refractivity contribution in [3.05, 3.63) is 133 Å². The number of ether oxygens (including phenoxy) is 4. The second kappa shape index (κ2) is 71.4. The Morgan fingerprint density at radius 2 is 0.522 bits per heavy atom. The largest absolute Gasteiger partial charge is 0.351 e. The molecule has 0 aliphatic carbocycles. The molecule has 8 nitrogen and oxygen atoms in total. The predicted molar refractivity (Wildman–Crippen MR) is 400 cm³/mol. The first-order valence-corrected chi connectivity index (χ1v) is 38.8. The monoisotopic (exact) mass is 1280 g/mol. The van der Waals surface area contributed by atoms with E-state index in [4.69, 9.17) is 24.7 Å². The van der Waals surface area contributed by atoms with Crippen molar-refractivity contribution in [3.8, 4) is 0 Å². The molecule has 0 fully saturated rings. The van der Waals surface area contributed by atoms with Gasteiger partial charge in [0.25, 0.3) is 11.8 Å². The summed E-state index contributed by atoms with van der Waals surface area (Å²) in [6.07, 6.45) is 95.4. The Hall–Kier alpha value is -3.92. The molecule has 0 atom stereocenters. The SMILES string of the molecule is CCCCC/C=C\C/C=C\CCCCCCCCOC(CN)OCCCCCCCC/C=C\C/C=C\CCCCC.CCCCC/C=C\C/C=C\CCCCCCCCOC(CN1C(=O)c2ccccc2C1=O)OCCCCCCCC/C=C\C/C=C\CCCCC. The zero-order valence-electron chi connectivity index (χ0n) is 60.4. The number of rotatable bonds is 67. The molecule has 0 radical (unpaired) electrons. The molecule has 1 aromatic rings. The summed E-state index contributed by atoms with van der Waals surface area (Å²) in [5.41, 5.74) is 6.79. The average molecular weight is 1280 g/mol. The van der Waals surface area contributed by atoms with Crippen molar-refractivity contribution in [2.45, 2.75) is 348 Å². The zero-order chi connectivity index (χ0) is 66.2. The lowest BCUT2D eigenvalue weighted by Crippen LogP contribution is -2.39. The van der Waals surface area contributed by atoms with Gasteiger partial charge in [0.05, 0.1) is 17.7 Å². The molecule has 0 aromatic heterocycles. The van der Waals surface area contributed by atoms with Crippen LogP contribution in [0.2, 0.25) is 0 Å². The molecule has 92 heavy (non-hydrogen) atoms. The molecule has 0 unspecified atom stereocenters. The molecular weight excluding hydrogens is 1130 g/mol. The molecule has 0 saturated carbocycles. The summed E-state index contributed by atoms with van der Waals surface area (Å²) >= 11 is 0. The summed E-state index contributed by atoms with van der Waals surface area (Å²) in [4.78, 5) is 27.3. The summed E-state index contributed by atoms with van der Waals surface area (Å²) in [5.74, 6) is -0.509. The van der Waals surface area contributed by atoms with Gasteiger partial charge in [-0.25, -0.2) is 0 Å². The van der Waals surface area contributed by atoms with Crippen LogP contribution >= 0.6 is 0 Å². The predicted octanol–water partition coefficient (Wildman–Crippen LogP) is 25.2. The molecule has 0 spiro atoms. The Balaban J connectivity index is 0.000000944. The minimum Gasteiger partial charge on any atom is -0.351 e. The fourth-order valence-electron chi connectivity index (χ4n) is 11.1. The normalized spacial score (nSPS) is 13.1. The van der Waals surface area contributed by atoms with Gasteiger partial charge in [-0.3, -0.25) is 14.5 Å². The van der Waals surface area contributed by atoms with E-state index in [1.165, 1.54) is 249 Å². The van der Waals surface area contributed by atoms with Gasteiger partial charge in [-0.2, -0.15) is 0 Å². The number of imide groups is 1. The molecule has 1 aliphatic heterocycles. The van der Waals surface area contributed by atoms with Crippen LogP contribution in [-0.4, -0.2) is 68.8 Å². The van der Waals surface area contributed by atoms with Crippen molar-refractivity contribution in [1.29, 1.82) is 0 Å². The third-order valence-electron chi connectivity index (χ3n) is 17.0. The lowest BCUT2D eigenvalue weighted by atomic mass is 10.1. The van der Waals surface area contributed by atoms with Crippen LogP contribution in [0.1, 0.15) is 357 Å². The summed E-state index contributed by atoms with van der Waals surface area (Å²) in [5, 5.41) is 0. The van der Waals surface area contributed by atoms with Crippen molar-refractivity contribution < 1.29 is 28.5 Å². The number of unbranched alkanes of at least 4 members (excludes halogenated alkanes) is 36. The van der Waals surface area contributed by atoms with Gasteiger partial charge < -0.3 is 24.7 Å². The Kier molecular flexibility index (Phi) is 66.8. The fraction of sp³-hybridized carbons (Fsp3) is 0.714. The van der Waals surface area contributed by atoms with E-state index in [0.717, 1.165) is 77.4 Å². The van der Waals surface area contributed by atoms with E-state index in [0.29, 0.717) is 30.9 Å². The van der Waals surface area contributed by atoms with Crippen LogP contribution < -0.4 is 5.73 Å². The van der Waals surface area contributed by atoms with Crippen LogP contribution in [0.15, 0.2) is 121 Å². The summed E-state index contributed by atoms with van der Waals surface area (Å²) < 4.78 is 24.0. The third kappa shape index (κ3) is 56.4. The maximum Gasteiger partial charge on any atom is 0.261 e. The van der Waals surface area contributed by atoms with Crippen LogP contribution in [0.3, 0.4) is 0 Å². The summed E-state index contributed by atoms with van der Waals surface area (Å²) in [6.45, 7) is 12.3. The average Bonchev–Trinajstić information content (AvgIpc) is 1.85. The highest BCUT2D eigenvalue weighted by Crippen LogP contribution is 2.24. The quantitative estimate of drug-likeness (QED) is 0.0300. The van der Waals surface area contributed by atoms with E-state index < -0.39 is 6.29 Å². The molecule has 0 bridgehead atoms.